The molecule has 1 fully saturated rings. The summed E-state index contributed by atoms with van der Waals surface area (Å²) in [5, 5.41) is 0. The Morgan fingerprint density at radius 3 is 2.48 bits per heavy atom. The minimum Gasteiger partial charge on any atom is -0.491 e. The first-order valence-electron chi connectivity index (χ1n) is 9.82. The van der Waals surface area contributed by atoms with Crippen LogP contribution in [0.25, 0.3) is 0 Å². The molecule has 154 valence electrons. The van der Waals surface area contributed by atoms with Gasteiger partial charge in [-0.25, -0.2) is 4.79 Å². The molecule has 29 heavy (non-hydrogen) atoms. The Morgan fingerprint density at radius 2 is 1.83 bits per heavy atom. The Bertz CT molecular complexity index is 810. The van der Waals surface area contributed by atoms with Crippen LogP contribution in [0.1, 0.15) is 34.3 Å². The van der Waals surface area contributed by atoms with Gasteiger partial charge in [0.2, 0.25) is 0 Å². The van der Waals surface area contributed by atoms with Gasteiger partial charge in [-0.2, -0.15) is 0 Å². The quantitative estimate of drug-likeness (QED) is 0.639. The molecule has 0 saturated carbocycles. The van der Waals surface area contributed by atoms with Gasteiger partial charge in [-0.15, -0.1) is 0 Å². The summed E-state index contributed by atoms with van der Waals surface area (Å²) in [6, 6.07) is 14.7. The summed E-state index contributed by atoms with van der Waals surface area (Å²) in [4.78, 5) is 26.0. The molecule has 0 aromatic heterocycles. The number of rotatable bonds is 8. The molecule has 0 radical (unpaired) electrons. The maximum Gasteiger partial charge on any atom is 0.338 e. The highest BCUT2D eigenvalue weighted by atomic mass is 16.5. The fourth-order valence-electron chi connectivity index (χ4n) is 3.03. The van der Waals surface area contributed by atoms with Crippen LogP contribution in [0.2, 0.25) is 0 Å². The number of carbonyl (C=O) groups is 2. The van der Waals surface area contributed by atoms with E-state index >= 15 is 0 Å². The number of hydrogen-bond acceptors (Lipinski definition) is 5. The molecular weight excluding hydrogens is 370 g/mol. The molecule has 3 rings (SSSR count). The molecule has 2 aromatic carbocycles. The zero-order valence-corrected chi connectivity index (χ0v) is 16.9. The van der Waals surface area contributed by atoms with E-state index in [4.69, 9.17) is 14.2 Å². The van der Waals surface area contributed by atoms with E-state index in [1.54, 1.807) is 36.2 Å². The molecular formula is C23H27NO5. The van der Waals surface area contributed by atoms with E-state index in [9.17, 15) is 9.59 Å². The predicted molar refractivity (Wildman–Crippen MR) is 109 cm³/mol. The first kappa shape index (κ1) is 20.9. The number of amides is 1. The zero-order valence-electron chi connectivity index (χ0n) is 16.9. The van der Waals surface area contributed by atoms with Crippen molar-refractivity contribution in [1.82, 2.24) is 4.90 Å². The number of hydrogen-bond donors (Lipinski definition) is 0. The van der Waals surface area contributed by atoms with Crippen LogP contribution in [0, 0.1) is 6.92 Å². The SMILES string of the molecule is Cc1ccc(CN(C)C(=O)COC(=O)c2ccc(OC[C@@H]3CCCO3)cc2)cc1. The highest BCUT2D eigenvalue weighted by Gasteiger charge is 2.17. The molecule has 1 aliphatic heterocycles. The molecule has 1 amide bonds. The van der Waals surface area contributed by atoms with Crippen molar-refractivity contribution in [3.8, 4) is 5.75 Å². The lowest BCUT2D eigenvalue weighted by atomic mass is 10.1. The largest absolute Gasteiger partial charge is 0.491 e. The molecule has 0 aliphatic carbocycles. The van der Waals surface area contributed by atoms with Crippen molar-refractivity contribution in [3.05, 3.63) is 65.2 Å². The van der Waals surface area contributed by atoms with E-state index in [2.05, 4.69) is 0 Å². The van der Waals surface area contributed by atoms with Gasteiger partial charge in [0.15, 0.2) is 6.61 Å². The highest BCUT2D eigenvalue weighted by molar-refractivity contribution is 5.91. The van der Waals surface area contributed by atoms with Gasteiger partial charge in [0.1, 0.15) is 12.4 Å². The normalized spacial score (nSPS) is 15.7. The van der Waals surface area contributed by atoms with E-state index in [0.29, 0.717) is 24.5 Å². The van der Waals surface area contributed by atoms with Crippen LogP contribution in [-0.4, -0.2) is 49.7 Å². The Kier molecular flexibility index (Phi) is 7.25. The summed E-state index contributed by atoms with van der Waals surface area (Å²) in [7, 11) is 1.69. The van der Waals surface area contributed by atoms with Crippen molar-refractivity contribution in [3.63, 3.8) is 0 Å². The predicted octanol–water partition coefficient (Wildman–Crippen LogP) is 3.37. The lowest BCUT2D eigenvalue weighted by Crippen LogP contribution is -2.30. The molecule has 1 heterocycles. The fraction of sp³-hybridized carbons (Fsp3) is 0.391. The van der Waals surface area contributed by atoms with Gasteiger partial charge < -0.3 is 19.1 Å². The number of nitrogens with zero attached hydrogens (tertiary/aromatic N) is 1. The molecule has 6 nitrogen and oxygen atoms in total. The van der Waals surface area contributed by atoms with Crippen LogP contribution in [0.15, 0.2) is 48.5 Å². The van der Waals surface area contributed by atoms with Crippen LogP contribution in [0.3, 0.4) is 0 Å². The van der Waals surface area contributed by atoms with Crippen LogP contribution in [0.5, 0.6) is 5.75 Å². The Morgan fingerprint density at radius 1 is 1.10 bits per heavy atom. The van der Waals surface area contributed by atoms with E-state index in [1.807, 2.05) is 31.2 Å². The first-order valence-corrected chi connectivity index (χ1v) is 9.82. The number of benzene rings is 2. The summed E-state index contributed by atoms with van der Waals surface area (Å²) >= 11 is 0. The summed E-state index contributed by atoms with van der Waals surface area (Å²) < 4.78 is 16.4. The van der Waals surface area contributed by atoms with Gasteiger partial charge in [-0.1, -0.05) is 29.8 Å². The highest BCUT2D eigenvalue weighted by Crippen LogP contribution is 2.17. The van der Waals surface area contributed by atoms with E-state index in [0.717, 1.165) is 25.0 Å². The topological polar surface area (TPSA) is 65.1 Å². The van der Waals surface area contributed by atoms with Crippen molar-refractivity contribution < 1.29 is 23.8 Å². The van der Waals surface area contributed by atoms with Gasteiger partial charge in [-0.3, -0.25) is 4.79 Å². The number of aryl methyl sites for hydroxylation is 1. The fourth-order valence-corrected chi connectivity index (χ4v) is 3.03. The monoisotopic (exact) mass is 397 g/mol. The van der Waals surface area contributed by atoms with E-state index < -0.39 is 5.97 Å². The average molecular weight is 397 g/mol. The summed E-state index contributed by atoms with van der Waals surface area (Å²) in [6.45, 7) is 3.48. The van der Waals surface area contributed by atoms with Gasteiger partial charge >= 0.3 is 5.97 Å². The van der Waals surface area contributed by atoms with Crippen molar-refractivity contribution in [2.45, 2.75) is 32.4 Å². The minimum atomic E-state index is -0.534. The third-order valence-electron chi connectivity index (χ3n) is 4.84. The maximum absolute atomic E-state index is 12.2. The van der Waals surface area contributed by atoms with Crippen molar-refractivity contribution in [1.29, 1.82) is 0 Å². The molecule has 0 spiro atoms. The van der Waals surface area contributed by atoms with Gasteiger partial charge in [-0.05, 0) is 49.6 Å². The third-order valence-corrected chi connectivity index (χ3v) is 4.84. The molecule has 0 unspecified atom stereocenters. The van der Waals surface area contributed by atoms with Crippen molar-refractivity contribution in [2.24, 2.45) is 0 Å². The summed E-state index contributed by atoms with van der Waals surface area (Å²) in [6.07, 6.45) is 2.22. The van der Waals surface area contributed by atoms with E-state index in [-0.39, 0.29) is 18.6 Å². The van der Waals surface area contributed by atoms with Gasteiger partial charge in [0.05, 0.1) is 11.7 Å². The Hall–Kier alpha value is -2.86. The van der Waals surface area contributed by atoms with E-state index in [1.165, 1.54) is 5.56 Å². The third kappa shape index (κ3) is 6.32. The summed E-state index contributed by atoms with van der Waals surface area (Å²) in [5.74, 6) is -0.117. The molecule has 1 saturated heterocycles. The number of ether oxygens (including phenoxy) is 3. The molecule has 6 heteroatoms. The molecule has 0 bridgehead atoms. The zero-order chi connectivity index (χ0) is 20.6. The second-order valence-corrected chi connectivity index (χ2v) is 7.28. The number of esters is 1. The van der Waals surface area contributed by atoms with Crippen molar-refractivity contribution >= 4 is 11.9 Å². The Labute approximate surface area is 171 Å². The second-order valence-electron chi connectivity index (χ2n) is 7.28. The smallest absolute Gasteiger partial charge is 0.338 e. The molecule has 1 atom stereocenters. The minimum absolute atomic E-state index is 0.141. The molecule has 0 N–H and O–H groups in total. The lowest BCUT2D eigenvalue weighted by Gasteiger charge is -2.17. The second kappa shape index (κ2) is 10.1. The maximum atomic E-state index is 12.2. The first-order chi connectivity index (χ1) is 14.0. The standard InChI is InChI=1S/C23H27NO5/c1-17-5-7-18(8-6-17)14-24(2)22(25)16-29-23(26)19-9-11-20(12-10-19)28-15-21-4-3-13-27-21/h5-12,21H,3-4,13-16H2,1-2H3/t21-/m0/s1. The van der Waals surface area contributed by atoms with Crippen LogP contribution < -0.4 is 4.74 Å². The average Bonchev–Trinajstić information content (AvgIpc) is 3.26. The lowest BCUT2D eigenvalue weighted by molar-refractivity contribution is -0.133. The van der Waals surface area contributed by atoms with Crippen molar-refractivity contribution in [2.75, 3.05) is 26.9 Å². The van der Waals surface area contributed by atoms with Crippen LogP contribution in [-0.2, 0) is 20.8 Å². The van der Waals surface area contributed by atoms with Gasteiger partial charge in [0, 0.05) is 20.2 Å². The van der Waals surface area contributed by atoms with Gasteiger partial charge in [0.25, 0.3) is 5.91 Å². The van der Waals surface area contributed by atoms with Crippen LogP contribution >= 0.6 is 0 Å². The van der Waals surface area contributed by atoms with Crippen LogP contribution in [0.4, 0.5) is 0 Å². The number of carbonyl (C=O) groups excluding carboxylic acids is 2. The molecule has 1 aliphatic rings. The number of likely N-dealkylation sites (N-methyl/N-ethyl adjacent to an activating group) is 1. The Balaban J connectivity index is 1.43. The molecule has 2 aromatic rings. The summed E-state index contributed by atoms with van der Waals surface area (Å²) in [5.41, 5.74) is 2.57.